The number of likely N-dealkylation sites (N-methyl/N-ethyl adjacent to an activating group) is 1. The summed E-state index contributed by atoms with van der Waals surface area (Å²) in [6.45, 7) is 4.61. The summed E-state index contributed by atoms with van der Waals surface area (Å²) in [7, 11) is 4.03. The number of likely N-dealkylation sites (tertiary alicyclic amines) is 1. The summed E-state index contributed by atoms with van der Waals surface area (Å²) in [6, 6.07) is 0.0564. The van der Waals surface area contributed by atoms with Gasteiger partial charge in [-0.05, 0) is 33.4 Å². The van der Waals surface area contributed by atoms with Crippen LogP contribution in [0.4, 0.5) is 4.79 Å². The zero-order valence-electron chi connectivity index (χ0n) is 11.1. The Kier molecular flexibility index (Phi) is 6.96. The van der Waals surface area contributed by atoms with Crippen LogP contribution in [0, 0.1) is 0 Å². The minimum absolute atomic E-state index is 0.0564. The first-order valence-corrected chi connectivity index (χ1v) is 6.45. The summed E-state index contributed by atoms with van der Waals surface area (Å²) in [6.07, 6.45) is 3.51. The van der Waals surface area contributed by atoms with Crippen LogP contribution in [0.25, 0.3) is 0 Å². The largest absolute Gasteiger partial charge is 0.378 e. The predicted molar refractivity (Wildman–Crippen MR) is 68.2 cm³/mol. The van der Waals surface area contributed by atoms with Gasteiger partial charge in [0.2, 0.25) is 0 Å². The number of carbonyl (C=O) groups is 1. The maximum atomic E-state index is 11.7. The number of nitrogens with zero attached hydrogens (tertiary/aromatic N) is 2. The maximum Gasteiger partial charge on any atom is 0.317 e. The number of urea groups is 1. The third-order valence-corrected chi connectivity index (χ3v) is 2.85. The molecule has 1 fully saturated rings. The van der Waals surface area contributed by atoms with E-state index in [4.69, 9.17) is 4.74 Å². The summed E-state index contributed by atoms with van der Waals surface area (Å²) in [5, 5.41) is 2.89. The van der Waals surface area contributed by atoms with Crippen molar-refractivity contribution < 1.29 is 9.53 Å². The Bertz CT molecular complexity index is 216. The van der Waals surface area contributed by atoms with Crippen molar-refractivity contribution in [1.82, 2.24) is 15.1 Å². The van der Waals surface area contributed by atoms with E-state index >= 15 is 0 Å². The van der Waals surface area contributed by atoms with E-state index in [0.29, 0.717) is 19.8 Å². The van der Waals surface area contributed by atoms with Crippen molar-refractivity contribution in [2.45, 2.75) is 19.3 Å². The van der Waals surface area contributed by atoms with Gasteiger partial charge in [0.05, 0.1) is 13.2 Å². The molecule has 0 aliphatic carbocycles. The Morgan fingerprint density at radius 1 is 1.24 bits per heavy atom. The van der Waals surface area contributed by atoms with Crippen molar-refractivity contribution in [2.24, 2.45) is 0 Å². The molecule has 5 nitrogen and oxygen atoms in total. The second-order valence-corrected chi connectivity index (χ2v) is 4.70. The molecule has 1 saturated heterocycles. The molecule has 0 bridgehead atoms. The number of hydrogen-bond donors (Lipinski definition) is 1. The Morgan fingerprint density at radius 3 is 2.59 bits per heavy atom. The molecule has 1 aliphatic heterocycles. The van der Waals surface area contributed by atoms with Gasteiger partial charge in [0.1, 0.15) is 0 Å². The zero-order valence-corrected chi connectivity index (χ0v) is 11.1. The molecule has 0 atom stereocenters. The second-order valence-electron chi connectivity index (χ2n) is 4.70. The number of ether oxygens (including phenoxy) is 1. The highest BCUT2D eigenvalue weighted by atomic mass is 16.5. The summed E-state index contributed by atoms with van der Waals surface area (Å²) in [5.41, 5.74) is 0. The first-order valence-electron chi connectivity index (χ1n) is 6.45. The lowest BCUT2D eigenvalue weighted by Crippen LogP contribution is -2.43. The average Bonchev–Trinajstić information content (AvgIpc) is 2.34. The van der Waals surface area contributed by atoms with Gasteiger partial charge in [-0.2, -0.15) is 0 Å². The van der Waals surface area contributed by atoms with Gasteiger partial charge in [-0.25, -0.2) is 4.79 Å². The SMILES string of the molecule is CN(C)CCOCCNC(=O)N1CCCCC1. The monoisotopic (exact) mass is 243 g/mol. The molecule has 0 aromatic rings. The van der Waals surface area contributed by atoms with Crippen LogP contribution < -0.4 is 5.32 Å². The van der Waals surface area contributed by atoms with E-state index in [9.17, 15) is 4.79 Å². The summed E-state index contributed by atoms with van der Waals surface area (Å²) >= 11 is 0. The molecule has 17 heavy (non-hydrogen) atoms. The quantitative estimate of drug-likeness (QED) is 0.701. The van der Waals surface area contributed by atoms with E-state index in [1.807, 2.05) is 19.0 Å². The lowest BCUT2D eigenvalue weighted by molar-refractivity contribution is 0.117. The normalized spacial score (nSPS) is 16.3. The van der Waals surface area contributed by atoms with E-state index in [-0.39, 0.29) is 6.03 Å². The highest BCUT2D eigenvalue weighted by Gasteiger charge is 2.15. The van der Waals surface area contributed by atoms with E-state index in [1.165, 1.54) is 6.42 Å². The fraction of sp³-hybridized carbons (Fsp3) is 0.917. The zero-order chi connectivity index (χ0) is 12.5. The molecule has 0 aromatic carbocycles. The van der Waals surface area contributed by atoms with Crippen LogP contribution in [-0.4, -0.2) is 69.3 Å². The molecular weight excluding hydrogens is 218 g/mol. The molecule has 100 valence electrons. The van der Waals surface area contributed by atoms with Crippen LogP contribution >= 0.6 is 0 Å². The van der Waals surface area contributed by atoms with Crippen LogP contribution in [0.1, 0.15) is 19.3 Å². The van der Waals surface area contributed by atoms with Crippen LogP contribution in [0.5, 0.6) is 0 Å². The lowest BCUT2D eigenvalue weighted by Gasteiger charge is -2.26. The maximum absolute atomic E-state index is 11.7. The van der Waals surface area contributed by atoms with Crippen molar-refractivity contribution in [1.29, 1.82) is 0 Å². The van der Waals surface area contributed by atoms with Crippen LogP contribution in [0.3, 0.4) is 0 Å². The van der Waals surface area contributed by atoms with Crippen LogP contribution in [-0.2, 0) is 4.74 Å². The molecule has 0 aromatic heterocycles. The van der Waals surface area contributed by atoms with E-state index < -0.39 is 0 Å². The molecule has 0 unspecified atom stereocenters. The van der Waals surface area contributed by atoms with Gasteiger partial charge < -0.3 is 19.9 Å². The molecule has 0 radical (unpaired) electrons. The molecule has 5 heteroatoms. The van der Waals surface area contributed by atoms with E-state index in [2.05, 4.69) is 10.2 Å². The molecule has 0 saturated carbocycles. The number of amides is 2. The number of rotatable bonds is 6. The van der Waals surface area contributed by atoms with Gasteiger partial charge in [-0.15, -0.1) is 0 Å². The van der Waals surface area contributed by atoms with Gasteiger partial charge in [-0.1, -0.05) is 0 Å². The van der Waals surface area contributed by atoms with Gasteiger partial charge in [0.25, 0.3) is 0 Å². The van der Waals surface area contributed by atoms with Crippen LogP contribution in [0.2, 0.25) is 0 Å². The number of nitrogens with one attached hydrogen (secondary N) is 1. The van der Waals surface area contributed by atoms with Gasteiger partial charge >= 0.3 is 6.03 Å². The molecule has 1 N–H and O–H groups in total. The lowest BCUT2D eigenvalue weighted by atomic mass is 10.1. The van der Waals surface area contributed by atoms with Crippen molar-refractivity contribution in [2.75, 3.05) is 53.5 Å². The standard InChI is InChI=1S/C12H25N3O2/c1-14(2)9-11-17-10-6-13-12(16)15-7-4-3-5-8-15/h3-11H2,1-2H3,(H,13,16). The Balaban J connectivity index is 1.96. The highest BCUT2D eigenvalue weighted by molar-refractivity contribution is 5.74. The van der Waals surface area contributed by atoms with Gasteiger partial charge in [-0.3, -0.25) is 0 Å². The predicted octanol–water partition coefficient (Wildman–Crippen LogP) is 0.760. The topological polar surface area (TPSA) is 44.8 Å². The molecule has 1 aliphatic rings. The Hall–Kier alpha value is -0.810. The molecular formula is C12H25N3O2. The third kappa shape index (κ3) is 6.48. The first-order chi connectivity index (χ1) is 8.20. The van der Waals surface area contributed by atoms with Crippen molar-refractivity contribution in [3.8, 4) is 0 Å². The van der Waals surface area contributed by atoms with Crippen molar-refractivity contribution in [3.05, 3.63) is 0 Å². The molecule has 1 heterocycles. The highest BCUT2D eigenvalue weighted by Crippen LogP contribution is 2.07. The van der Waals surface area contributed by atoms with Crippen molar-refractivity contribution >= 4 is 6.03 Å². The smallest absolute Gasteiger partial charge is 0.317 e. The average molecular weight is 243 g/mol. The molecule has 2 amide bonds. The van der Waals surface area contributed by atoms with Gasteiger partial charge in [0.15, 0.2) is 0 Å². The fourth-order valence-corrected chi connectivity index (χ4v) is 1.79. The van der Waals surface area contributed by atoms with Gasteiger partial charge in [0, 0.05) is 26.2 Å². The fourth-order valence-electron chi connectivity index (χ4n) is 1.79. The summed E-state index contributed by atoms with van der Waals surface area (Å²) in [5.74, 6) is 0. The minimum Gasteiger partial charge on any atom is -0.378 e. The molecule has 1 rings (SSSR count). The molecule has 0 spiro atoms. The van der Waals surface area contributed by atoms with Crippen molar-refractivity contribution in [3.63, 3.8) is 0 Å². The third-order valence-electron chi connectivity index (χ3n) is 2.85. The number of hydrogen-bond acceptors (Lipinski definition) is 3. The number of carbonyl (C=O) groups excluding carboxylic acids is 1. The van der Waals surface area contributed by atoms with E-state index in [0.717, 1.165) is 32.5 Å². The summed E-state index contributed by atoms with van der Waals surface area (Å²) < 4.78 is 5.41. The Morgan fingerprint density at radius 2 is 1.94 bits per heavy atom. The van der Waals surface area contributed by atoms with E-state index in [1.54, 1.807) is 0 Å². The first kappa shape index (κ1) is 14.3. The second kappa shape index (κ2) is 8.31. The minimum atomic E-state index is 0.0564. The summed E-state index contributed by atoms with van der Waals surface area (Å²) in [4.78, 5) is 15.7. The number of piperidine rings is 1. The van der Waals surface area contributed by atoms with Crippen LogP contribution in [0.15, 0.2) is 0 Å². The Labute approximate surface area is 104 Å².